The minimum absolute atomic E-state index is 0.0424. The second kappa shape index (κ2) is 10.5. The van der Waals surface area contributed by atoms with Crippen molar-refractivity contribution in [2.24, 2.45) is 0 Å². The summed E-state index contributed by atoms with van der Waals surface area (Å²) in [4.78, 5) is 23.9. The first kappa shape index (κ1) is 23.0. The average Bonchev–Trinajstić information content (AvgIpc) is 3.27. The third-order valence-corrected chi connectivity index (χ3v) is 7.17. The van der Waals surface area contributed by atoms with E-state index in [1.54, 1.807) is 12.1 Å². The number of sulfonamides is 1. The van der Waals surface area contributed by atoms with E-state index in [-0.39, 0.29) is 24.0 Å². The molecule has 168 valence electrons. The molecule has 0 radical (unpaired) electrons. The Balaban J connectivity index is 1.49. The molecule has 3 rings (SSSR count). The second-order valence-corrected chi connectivity index (χ2v) is 9.24. The Labute approximate surface area is 180 Å². The van der Waals surface area contributed by atoms with Crippen LogP contribution >= 0.6 is 0 Å². The van der Waals surface area contributed by atoms with Crippen LogP contribution in [0, 0.1) is 5.82 Å². The summed E-state index contributed by atoms with van der Waals surface area (Å²) >= 11 is 0. The van der Waals surface area contributed by atoms with E-state index in [9.17, 15) is 22.4 Å². The summed E-state index contributed by atoms with van der Waals surface area (Å²) in [5, 5.41) is 5.07. The topological polar surface area (TPSA) is 109 Å². The quantitative estimate of drug-likeness (QED) is 0.595. The lowest BCUT2D eigenvalue weighted by Gasteiger charge is -2.34. The fourth-order valence-corrected chi connectivity index (χ4v) is 5.31. The summed E-state index contributed by atoms with van der Waals surface area (Å²) in [6.07, 6.45) is 4.67. The van der Waals surface area contributed by atoms with Crippen molar-refractivity contribution in [3.8, 4) is 0 Å². The SMILES string of the molecule is O=C(NCCc1ccco1)C(=O)NCCC1CCCCN1S(=O)(=O)c1ccc(F)cc1. The molecule has 0 aliphatic carbocycles. The number of nitrogens with zero attached hydrogens (tertiary/aromatic N) is 1. The molecule has 1 aliphatic heterocycles. The highest BCUT2D eigenvalue weighted by molar-refractivity contribution is 7.89. The first-order valence-corrected chi connectivity index (χ1v) is 11.7. The van der Waals surface area contributed by atoms with Gasteiger partial charge < -0.3 is 15.1 Å². The van der Waals surface area contributed by atoms with Crippen molar-refractivity contribution in [2.45, 2.75) is 43.0 Å². The fourth-order valence-electron chi connectivity index (χ4n) is 3.59. The van der Waals surface area contributed by atoms with Crippen LogP contribution in [-0.2, 0) is 26.0 Å². The fraction of sp³-hybridized carbons (Fsp3) is 0.429. The van der Waals surface area contributed by atoms with Crippen molar-refractivity contribution >= 4 is 21.8 Å². The van der Waals surface area contributed by atoms with Crippen molar-refractivity contribution < 1.29 is 26.8 Å². The van der Waals surface area contributed by atoms with Crippen LogP contribution in [0.3, 0.4) is 0 Å². The van der Waals surface area contributed by atoms with E-state index in [1.807, 2.05) is 0 Å². The van der Waals surface area contributed by atoms with Crippen LogP contribution in [0.15, 0.2) is 52.0 Å². The van der Waals surface area contributed by atoms with E-state index in [0.717, 1.165) is 25.0 Å². The molecule has 1 aromatic heterocycles. The number of piperidine rings is 1. The van der Waals surface area contributed by atoms with Crippen molar-refractivity contribution in [1.82, 2.24) is 14.9 Å². The van der Waals surface area contributed by atoms with Crippen LogP contribution in [0.5, 0.6) is 0 Å². The van der Waals surface area contributed by atoms with E-state index in [0.29, 0.717) is 31.6 Å². The first-order valence-electron chi connectivity index (χ1n) is 10.2. The molecule has 0 spiro atoms. The molecule has 2 heterocycles. The highest BCUT2D eigenvalue weighted by Gasteiger charge is 2.33. The molecule has 1 unspecified atom stereocenters. The van der Waals surface area contributed by atoms with Gasteiger partial charge in [0.2, 0.25) is 10.0 Å². The Kier molecular flexibility index (Phi) is 7.80. The van der Waals surface area contributed by atoms with Crippen LogP contribution in [0.25, 0.3) is 0 Å². The Morgan fingerprint density at radius 3 is 2.45 bits per heavy atom. The lowest BCUT2D eigenvalue weighted by Crippen LogP contribution is -2.46. The van der Waals surface area contributed by atoms with Crippen molar-refractivity contribution in [1.29, 1.82) is 0 Å². The maximum Gasteiger partial charge on any atom is 0.309 e. The molecule has 1 atom stereocenters. The number of hydrogen-bond donors (Lipinski definition) is 2. The summed E-state index contributed by atoms with van der Waals surface area (Å²) in [5.41, 5.74) is 0. The first-order chi connectivity index (χ1) is 14.9. The van der Waals surface area contributed by atoms with Crippen molar-refractivity contribution in [2.75, 3.05) is 19.6 Å². The van der Waals surface area contributed by atoms with E-state index in [1.165, 1.54) is 22.7 Å². The van der Waals surface area contributed by atoms with Gasteiger partial charge in [0.25, 0.3) is 0 Å². The molecule has 10 heteroatoms. The number of carbonyl (C=O) groups is 2. The van der Waals surface area contributed by atoms with Gasteiger partial charge in [0.15, 0.2) is 0 Å². The summed E-state index contributed by atoms with van der Waals surface area (Å²) in [5.74, 6) is -1.30. The van der Waals surface area contributed by atoms with Gasteiger partial charge in [-0.3, -0.25) is 9.59 Å². The predicted octanol–water partition coefficient (Wildman–Crippen LogP) is 1.83. The number of furan rings is 1. The van der Waals surface area contributed by atoms with Gasteiger partial charge in [-0.15, -0.1) is 0 Å². The Hall–Kier alpha value is -2.72. The molecule has 2 N–H and O–H groups in total. The zero-order valence-electron chi connectivity index (χ0n) is 17.1. The summed E-state index contributed by atoms with van der Waals surface area (Å²) in [6, 6.07) is 7.98. The number of rotatable bonds is 8. The standard InChI is InChI=1S/C21H26FN3O5S/c22-16-6-8-19(9-7-16)31(28,29)25-14-2-1-4-17(25)10-12-23-20(26)21(27)24-13-11-18-5-3-15-30-18/h3,5-9,15,17H,1-2,4,10-14H2,(H,23,26)(H,24,27). The van der Waals surface area contributed by atoms with Crippen molar-refractivity contribution in [3.05, 3.63) is 54.2 Å². The Morgan fingerprint density at radius 1 is 1.06 bits per heavy atom. The lowest BCUT2D eigenvalue weighted by molar-refractivity contribution is -0.139. The largest absolute Gasteiger partial charge is 0.469 e. The molecule has 2 aromatic rings. The van der Waals surface area contributed by atoms with Gasteiger partial charge in [-0.05, 0) is 55.7 Å². The molecular formula is C21H26FN3O5S. The molecule has 31 heavy (non-hydrogen) atoms. The maximum atomic E-state index is 13.2. The van der Waals surface area contributed by atoms with Crippen LogP contribution in [0.1, 0.15) is 31.4 Å². The number of hydrogen-bond acceptors (Lipinski definition) is 5. The van der Waals surface area contributed by atoms with Gasteiger partial charge >= 0.3 is 11.8 Å². The van der Waals surface area contributed by atoms with Crippen molar-refractivity contribution in [3.63, 3.8) is 0 Å². The molecule has 1 aliphatic rings. The highest BCUT2D eigenvalue weighted by atomic mass is 32.2. The van der Waals surface area contributed by atoms with Crippen LogP contribution in [0.2, 0.25) is 0 Å². The Bertz CT molecular complexity index is 977. The predicted molar refractivity (Wildman–Crippen MR) is 111 cm³/mol. The minimum Gasteiger partial charge on any atom is -0.469 e. The normalized spacial score (nSPS) is 17.3. The number of halogens is 1. The zero-order valence-corrected chi connectivity index (χ0v) is 17.9. The van der Waals surface area contributed by atoms with E-state index >= 15 is 0 Å². The van der Waals surface area contributed by atoms with E-state index in [2.05, 4.69) is 10.6 Å². The molecule has 1 aromatic carbocycles. The van der Waals surface area contributed by atoms with Crippen LogP contribution < -0.4 is 10.6 Å². The summed E-state index contributed by atoms with van der Waals surface area (Å²) < 4.78 is 45.7. The number of nitrogens with one attached hydrogen (secondary N) is 2. The third kappa shape index (κ3) is 6.14. The van der Waals surface area contributed by atoms with E-state index < -0.39 is 27.7 Å². The lowest BCUT2D eigenvalue weighted by atomic mass is 10.0. The highest BCUT2D eigenvalue weighted by Crippen LogP contribution is 2.27. The molecule has 1 fully saturated rings. The number of amides is 2. The van der Waals surface area contributed by atoms with Gasteiger partial charge in [0.1, 0.15) is 11.6 Å². The van der Waals surface area contributed by atoms with Gasteiger partial charge in [0, 0.05) is 32.1 Å². The monoisotopic (exact) mass is 451 g/mol. The zero-order chi connectivity index (χ0) is 22.3. The third-order valence-electron chi connectivity index (χ3n) is 5.20. The average molecular weight is 452 g/mol. The molecule has 0 bridgehead atoms. The van der Waals surface area contributed by atoms with Gasteiger partial charge in [0.05, 0.1) is 11.2 Å². The smallest absolute Gasteiger partial charge is 0.309 e. The summed E-state index contributed by atoms with van der Waals surface area (Å²) in [7, 11) is -3.76. The molecule has 2 amide bonds. The van der Waals surface area contributed by atoms with Gasteiger partial charge in [-0.2, -0.15) is 4.31 Å². The van der Waals surface area contributed by atoms with E-state index in [4.69, 9.17) is 4.42 Å². The number of carbonyl (C=O) groups excluding carboxylic acids is 2. The van der Waals surface area contributed by atoms with Crippen LogP contribution in [0.4, 0.5) is 4.39 Å². The van der Waals surface area contributed by atoms with Crippen LogP contribution in [-0.4, -0.2) is 50.2 Å². The molecular weight excluding hydrogens is 425 g/mol. The Morgan fingerprint density at radius 2 is 1.77 bits per heavy atom. The second-order valence-electron chi connectivity index (χ2n) is 7.35. The molecule has 0 saturated carbocycles. The molecule has 1 saturated heterocycles. The minimum atomic E-state index is -3.76. The van der Waals surface area contributed by atoms with Gasteiger partial charge in [-0.25, -0.2) is 12.8 Å². The summed E-state index contributed by atoms with van der Waals surface area (Å²) in [6.45, 7) is 0.808. The number of benzene rings is 1. The maximum absolute atomic E-state index is 13.2. The van der Waals surface area contributed by atoms with Gasteiger partial charge in [-0.1, -0.05) is 6.42 Å². The molecule has 8 nitrogen and oxygen atoms in total.